The number of aliphatic hydroxyl groups excluding tert-OH is 2. The smallest absolute Gasteiger partial charge is 0.192 e. The zero-order valence-corrected chi connectivity index (χ0v) is 22.7. The third-order valence-corrected chi connectivity index (χ3v) is 15.3. The Morgan fingerprint density at radius 3 is 1.52 bits per heavy atom. The lowest BCUT2D eigenvalue weighted by atomic mass is 10.1. The van der Waals surface area contributed by atoms with Crippen molar-refractivity contribution in [3.05, 3.63) is 0 Å². The summed E-state index contributed by atoms with van der Waals surface area (Å²) in [7, 11) is -3.96. The molecule has 0 bridgehead atoms. The van der Waals surface area contributed by atoms with Crippen molar-refractivity contribution >= 4 is 16.6 Å². The molecule has 29 heavy (non-hydrogen) atoms. The molecule has 0 aromatic heterocycles. The van der Waals surface area contributed by atoms with E-state index in [2.05, 4.69) is 91.4 Å². The van der Waals surface area contributed by atoms with Gasteiger partial charge in [0.2, 0.25) is 0 Å². The van der Waals surface area contributed by atoms with Crippen LogP contribution in [0, 0.1) is 23.7 Å². The summed E-state index contributed by atoms with van der Waals surface area (Å²) in [5.41, 5.74) is 0. The van der Waals surface area contributed by atoms with E-state index in [1.807, 2.05) is 13.8 Å². The van der Waals surface area contributed by atoms with Gasteiger partial charge in [0.05, 0.1) is 12.2 Å². The highest BCUT2D eigenvalue weighted by Gasteiger charge is 2.40. The topological polar surface area (TPSA) is 58.9 Å². The van der Waals surface area contributed by atoms with E-state index >= 15 is 0 Å². The van der Waals surface area contributed by atoms with Crippen molar-refractivity contribution in [2.75, 3.05) is 0 Å². The number of aliphatic hydroxyl groups is 2. The van der Waals surface area contributed by atoms with Gasteiger partial charge >= 0.3 is 0 Å². The second-order valence-electron chi connectivity index (χ2n) is 10.8. The molecule has 0 aromatic rings. The van der Waals surface area contributed by atoms with Gasteiger partial charge in [0, 0.05) is 0 Å². The van der Waals surface area contributed by atoms with Crippen LogP contribution in [-0.2, 0) is 8.85 Å². The highest BCUT2D eigenvalue weighted by Crippen LogP contribution is 2.38. The molecule has 168 valence electrons. The first kappa shape index (κ1) is 28.4. The van der Waals surface area contributed by atoms with Gasteiger partial charge in [-0.25, -0.2) is 0 Å². The molecule has 4 nitrogen and oxygen atoms in total. The van der Waals surface area contributed by atoms with E-state index in [-0.39, 0.29) is 22.3 Å². The Labute approximate surface area is 182 Å². The number of hydrogen-bond donors (Lipinski definition) is 2. The second kappa shape index (κ2) is 10.6. The van der Waals surface area contributed by atoms with Crippen LogP contribution in [0.2, 0.25) is 36.3 Å². The van der Waals surface area contributed by atoms with E-state index in [1.54, 1.807) is 0 Å². The molecule has 0 aliphatic carbocycles. The second-order valence-corrected chi connectivity index (χ2v) is 20.3. The molecule has 0 aliphatic rings. The summed E-state index contributed by atoms with van der Waals surface area (Å²) in [4.78, 5) is 0. The van der Waals surface area contributed by atoms with Crippen molar-refractivity contribution in [2.45, 2.75) is 122 Å². The highest BCUT2D eigenvalue weighted by atomic mass is 28.4. The SMILES string of the molecule is CC[C@H](O[Si](C)(C)C(C)(C)C)C(O)C#CC#CC(O)[C@H](C)O[Si](C)(C)C(C)(C)C. The molecule has 0 saturated carbocycles. The summed E-state index contributed by atoms with van der Waals surface area (Å²) < 4.78 is 12.4. The van der Waals surface area contributed by atoms with Crippen LogP contribution in [0.1, 0.15) is 61.8 Å². The summed E-state index contributed by atoms with van der Waals surface area (Å²) in [5.74, 6) is 10.8. The van der Waals surface area contributed by atoms with E-state index < -0.39 is 28.8 Å². The molecular formula is C23H44O4Si2. The van der Waals surface area contributed by atoms with Crippen molar-refractivity contribution < 1.29 is 19.1 Å². The average molecular weight is 441 g/mol. The van der Waals surface area contributed by atoms with Crippen molar-refractivity contribution in [2.24, 2.45) is 0 Å². The number of hydrogen-bond acceptors (Lipinski definition) is 4. The Kier molecular flexibility index (Phi) is 10.4. The van der Waals surface area contributed by atoms with Crippen LogP contribution in [0.15, 0.2) is 0 Å². The molecule has 0 saturated heterocycles. The molecule has 0 aromatic carbocycles. The molecule has 0 aliphatic heterocycles. The summed E-state index contributed by atoms with van der Waals surface area (Å²) in [6, 6.07) is 0. The molecule has 4 atom stereocenters. The normalized spacial score (nSPS) is 17.3. The van der Waals surface area contributed by atoms with Gasteiger partial charge in [-0.3, -0.25) is 0 Å². The van der Waals surface area contributed by atoms with Crippen LogP contribution in [0.25, 0.3) is 0 Å². The Hall–Kier alpha value is -0.606. The zero-order valence-electron chi connectivity index (χ0n) is 20.7. The van der Waals surface area contributed by atoms with E-state index in [4.69, 9.17) is 8.85 Å². The van der Waals surface area contributed by atoms with Crippen molar-refractivity contribution in [1.82, 2.24) is 0 Å². The van der Waals surface area contributed by atoms with E-state index in [0.717, 1.165) is 0 Å². The Morgan fingerprint density at radius 1 is 0.759 bits per heavy atom. The molecule has 0 heterocycles. The van der Waals surface area contributed by atoms with E-state index in [1.165, 1.54) is 0 Å². The van der Waals surface area contributed by atoms with Crippen LogP contribution < -0.4 is 0 Å². The molecule has 0 fully saturated rings. The largest absolute Gasteiger partial charge is 0.411 e. The number of rotatable bonds is 7. The summed E-state index contributed by atoms with van der Waals surface area (Å²) in [6.07, 6.45) is -1.87. The lowest BCUT2D eigenvalue weighted by Crippen LogP contribution is -2.46. The third kappa shape index (κ3) is 8.96. The van der Waals surface area contributed by atoms with Gasteiger partial charge in [-0.1, -0.05) is 60.3 Å². The third-order valence-electron chi connectivity index (χ3n) is 6.24. The summed E-state index contributed by atoms with van der Waals surface area (Å²) in [5, 5.41) is 20.8. The summed E-state index contributed by atoms with van der Waals surface area (Å²) in [6.45, 7) is 25.4. The minimum atomic E-state index is -1.99. The zero-order chi connectivity index (χ0) is 23.3. The first-order valence-electron chi connectivity index (χ1n) is 10.6. The molecule has 6 heteroatoms. The molecule has 0 spiro atoms. The average Bonchev–Trinajstić information content (AvgIpc) is 2.53. The Morgan fingerprint density at radius 2 is 1.14 bits per heavy atom. The van der Waals surface area contributed by atoms with Crippen LogP contribution in [0.4, 0.5) is 0 Å². The maximum absolute atomic E-state index is 10.4. The van der Waals surface area contributed by atoms with Crippen LogP contribution in [-0.4, -0.2) is 51.3 Å². The van der Waals surface area contributed by atoms with Crippen LogP contribution in [0.3, 0.4) is 0 Å². The van der Waals surface area contributed by atoms with Crippen molar-refractivity contribution in [3.63, 3.8) is 0 Å². The fourth-order valence-corrected chi connectivity index (χ4v) is 4.88. The summed E-state index contributed by atoms with van der Waals surface area (Å²) >= 11 is 0. The first-order chi connectivity index (χ1) is 12.9. The monoisotopic (exact) mass is 440 g/mol. The van der Waals surface area contributed by atoms with Gasteiger partial charge in [0.1, 0.15) is 12.2 Å². The van der Waals surface area contributed by atoms with Gasteiger partial charge in [-0.05, 0) is 61.5 Å². The van der Waals surface area contributed by atoms with Gasteiger partial charge in [0.25, 0.3) is 0 Å². The quantitative estimate of drug-likeness (QED) is 0.435. The minimum Gasteiger partial charge on any atom is -0.411 e. The molecular weight excluding hydrogens is 396 g/mol. The predicted octanol–water partition coefficient (Wildman–Crippen LogP) is 4.93. The Bertz CT molecular complexity index is 636. The van der Waals surface area contributed by atoms with Crippen LogP contribution in [0.5, 0.6) is 0 Å². The molecule has 2 N–H and O–H groups in total. The maximum Gasteiger partial charge on any atom is 0.192 e. The fourth-order valence-electron chi connectivity index (χ4n) is 2.06. The first-order valence-corrected chi connectivity index (χ1v) is 16.4. The van der Waals surface area contributed by atoms with Gasteiger partial charge in [0.15, 0.2) is 16.6 Å². The maximum atomic E-state index is 10.4. The lowest BCUT2D eigenvalue weighted by molar-refractivity contribution is 0.0601. The predicted molar refractivity (Wildman–Crippen MR) is 128 cm³/mol. The fraction of sp³-hybridized carbons (Fsp3) is 0.826. The van der Waals surface area contributed by atoms with Crippen molar-refractivity contribution in [1.29, 1.82) is 0 Å². The van der Waals surface area contributed by atoms with Crippen LogP contribution >= 0.6 is 0 Å². The van der Waals surface area contributed by atoms with Gasteiger partial charge in [-0.2, -0.15) is 0 Å². The highest BCUT2D eigenvalue weighted by molar-refractivity contribution is 6.74. The van der Waals surface area contributed by atoms with E-state index in [9.17, 15) is 10.2 Å². The molecule has 0 radical (unpaired) electrons. The Balaban J connectivity index is 5.04. The minimum absolute atomic E-state index is 0.0671. The van der Waals surface area contributed by atoms with Gasteiger partial charge in [-0.15, -0.1) is 0 Å². The molecule has 0 amide bonds. The molecule has 2 unspecified atom stereocenters. The molecule has 0 rings (SSSR count). The van der Waals surface area contributed by atoms with E-state index in [0.29, 0.717) is 6.42 Å². The van der Waals surface area contributed by atoms with Crippen molar-refractivity contribution in [3.8, 4) is 23.7 Å². The standard InChI is InChI=1S/C23H44O4Si2/c1-13-21(27-29(11,12)23(6,7)8)20(25)17-15-14-16-19(24)18(2)26-28(9,10)22(3,4)5/h18-21,24-25H,13H2,1-12H3/t18-,19?,20?,21-/m0/s1. The lowest BCUT2D eigenvalue weighted by Gasteiger charge is -2.39. The van der Waals surface area contributed by atoms with Gasteiger partial charge < -0.3 is 19.1 Å².